The molecule has 24 heavy (non-hydrogen) atoms. The fourth-order valence-electron chi connectivity index (χ4n) is 2.04. The normalized spacial score (nSPS) is 10.5. The lowest BCUT2D eigenvalue weighted by molar-refractivity contribution is -0.137. The molecule has 1 amide bonds. The van der Waals surface area contributed by atoms with E-state index in [4.69, 9.17) is 9.84 Å². The summed E-state index contributed by atoms with van der Waals surface area (Å²) in [4.78, 5) is 35.9. The van der Waals surface area contributed by atoms with Crippen molar-refractivity contribution in [2.24, 2.45) is 0 Å². The number of carbonyl (C=O) groups is 3. The standard InChI is InChI=1S/C15H17N3O5S/c1-4-23-15(22)12-8(2)9(3)24-14(12)16-13(21)10-5-6-18(17-10)7-11(19)20/h5-6H,4,7H2,1-3H3,(H,16,21)(H,19,20). The molecule has 0 spiro atoms. The number of carboxylic acids is 1. The van der Waals surface area contributed by atoms with Crippen LogP contribution in [0.1, 0.15) is 38.2 Å². The second-order valence-electron chi connectivity index (χ2n) is 4.95. The maximum atomic E-state index is 12.3. The van der Waals surface area contributed by atoms with Gasteiger partial charge in [0.1, 0.15) is 11.5 Å². The number of hydrogen-bond donors (Lipinski definition) is 2. The molecule has 0 bridgehead atoms. The summed E-state index contributed by atoms with van der Waals surface area (Å²) in [5.74, 6) is -2.07. The van der Waals surface area contributed by atoms with E-state index in [1.54, 1.807) is 13.8 Å². The Hall–Kier alpha value is -2.68. The number of nitrogens with zero attached hydrogens (tertiary/aromatic N) is 2. The highest BCUT2D eigenvalue weighted by Crippen LogP contribution is 2.33. The van der Waals surface area contributed by atoms with Crippen LogP contribution in [0.3, 0.4) is 0 Å². The Morgan fingerprint density at radius 2 is 2.08 bits per heavy atom. The summed E-state index contributed by atoms with van der Waals surface area (Å²) in [6.07, 6.45) is 1.40. The number of hydrogen-bond acceptors (Lipinski definition) is 6. The lowest BCUT2D eigenvalue weighted by Gasteiger charge is -2.06. The third kappa shape index (κ3) is 3.80. The van der Waals surface area contributed by atoms with Crippen LogP contribution in [0.4, 0.5) is 5.00 Å². The highest BCUT2D eigenvalue weighted by atomic mass is 32.1. The van der Waals surface area contributed by atoms with Gasteiger partial charge in [-0.25, -0.2) is 4.79 Å². The number of thiophene rings is 1. The summed E-state index contributed by atoms with van der Waals surface area (Å²) in [6, 6.07) is 1.41. The zero-order valence-corrected chi connectivity index (χ0v) is 14.3. The Bertz CT molecular complexity index is 793. The molecule has 0 aliphatic rings. The molecule has 0 atom stereocenters. The number of aryl methyl sites for hydroxylation is 1. The minimum atomic E-state index is -1.06. The van der Waals surface area contributed by atoms with Crippen LogP contribution >= 0.6 is 11.3 Å². The minimum absolute atomic E-state index is 0.0646. The molecule has 0 aliphatic carbocycles. The lowest BCUT2D eigenvalue weighted by atomic mass is 10.1. The van der Waals surface area contributed by atoms with E-state index in [9.17, 15) is 14.4 Å². The van der Waals surface area contributed by atoms with Crippen LogP contribution < -0.4 is 5.32 Å². The Balaban J connectivity index is 2.23. The van der Waals surface area contributed by atoms with E-state index in [1.165, 1.54) is 23.6 Å². The van der Waals surface area contributed by atoms with Crippen LogP contribution in [0.5, 0.6) is 0 Å². The van der Waals surface area contributed by atoms with Gasteiger partial charge in [-0.15, -0.1) is 11.3 Å². The number of carboxylic acid groups (broad SMARTS) is 1. The molecule has 2 aromatic rings. The van der Waals surface area contributed by atoms with Crippen molar-refractivity contribution in [3.63, 3.8) is 0 Å². The molecule has 8 nitrogen and oxygen atoms in total. The summed E-state index contributed by atoms with van der Waals surface area (Å²) < 4.78 is 6.18. The van der Waals surface area contributed by atoms with Crippen molar-refractivity contribution in [2.75, 3.05) is 11.9 Å². The molecule has 2 aromatic heterocycles. The van der Waals surface area contributed by atoms with Crippen LogP contribution in [0, 0.1) is 13.8 Å². The number of carbonyl (C=O) groups excluding carboxylic acids is 2. The number of aliphatic carboxylic acids is 1. The summed E-state index contributed by atoms with van der Waals surface area (Å²) in [6.45, 7) is 5.24. The van der Waals surface area contributed by atoms with Crippen molar-refractivity contribution >= 4 is 34.2 Å². The number of esters is 1. The average molecular weight is 351 g/mol. The molecule has 2 rings (SSSR count). The van der Waals surface area contributed by atoms with E-state index >= 15 is 0 Å². The fourth-order valence-corrected chi connectivity index (χ4v) is 3.08. The van der Waals surface area contributed by atoms with Crippen LogP contribution in [0.2, 0.25) is 0 Å². The number of amides is 1. The minimum Gasteiger partial charge on any atom is -0.480 e. The molecule has 0 radical (unpaired) electrons. The molecule has 0 unspecified atom stereocenters. The predicted octanol–water partition coefficient (Wildman–Crippen LogP) is 2.08. The molecular weight excluding hydrogens is 334 g/mol. The average Bonchev–Trinajstić information content (AvgIpc) is 3.04. The second-order valence-corrected chi connectivity index (χ2v) is 6.18. The summed E-state index contributed by atoms with van der Waals surface area (Å²) in [5, 5.41) is 15.7. The van der Waals surface area contributed by atoms with Gasteiger partial charge in [-0.3, -0.25) is 14.3 Å². The molecule has 0 aromatic carbocycles. The Morgan fingerprint density at radius 3 is 2.71 bits per heavy atom. The van der Waals surface area contributed by atoms with Gasteiger partial charge in [0.25, 0.3) is 5.91 Å². The van der Waals surface area contributed by atoms with Crippen molar-refractivity contribution < 1.29 is 24.2 Å². The van der Waals surface area contributed by atoms with Crippen molar-refractivity contribution in [1.82, 2.24) is 9.78 Å². The van der Waals surface area contributed by atoms with Crippen molar-refractivity contribution in [3.05, 3.63) is 34.0 Å². The monoisotopic (exact) mass is 351 g/mol. The molecule has 2 heterocycles. The maximum Gasteiger partial charge on any atom is 0.341 e. The molecule has 128 valence electrons. The van der Waals surface area contributed by atoms with Crippen LogP contribution in [0.15, 0.2) is 12.3 Å². The number of ether oxygens (including phenoxy) is 1. The third-order valence-electron chi connectivity index (χ3n) is 3.26. The first-order valence-electron chi connectivity index (χ1n) is 7.17. The maximum absolute atomic E-state index is 12.3. The summed E-state index contributed by atoms with van der Waals surface area (Å²) in [7, 11) is 0. The first kappa shape index (κ1) is 17.7. The molecule has 2 N–H and O–H groups in total. The molecule has 0 fully saturated rings. The Kier molecular flexibility index (Phi) is 5.35. The summed E-state index contributed by atoms with van der Waals surface area (Å²) in [5.41, 5.74) is 1.15. The van der Waals surface area contributed by atoms with Gasteiger partial charge in [0.2, 0.25) is 0 Å². The lowest BCUT2D eigenvalue weighted by Crippen LogP contribution is -2.16. The van der Waals surface area contributed by atoms with Crippen LogP contribution in [0.25, 0.3) is 0 Å². The number of nitrogens with one attached hydrogen (secondary N) is 1. The molecule has 9 heteroatoms. The molecule has 0 saturated heterocycles. The quantitative estimate of drug-likeness (QED) is 0.771. The highest BCUT2D eigenvalue weighted by Gasteiger charge is 2.23. The molecular formula is C15H17N3O5S. The first-order chi connectivity index (χ1) is 11.3. The van der Waals surface area contributed by atoms with Gasteiger partial charge in [0.15, 0.2) is 5.69 Å². The second kappa shape index (κ2) is 7.26. The van der Waals surface area contributed by atoms with E-state index in [0.29, 0.717) is 10.6 Å². The van der Waals surface area contributed by atoms with E-state index in [-0.39, 0.29) is 18.8 Å². The van der Waals surface area contributed by atoms with Gasteiger partial charge in [0.05, 0.1) is 12.2 Å². The van der Waals surface area contributed by atoms with E-state index < -0.39 is 17.8 Å². The van der Waals surface area contributed by atoms with E-state index in [1.807, 2.05) is 6.92 Å². The van der Waals surface area contributed by atoms with E-state index in [2.05, 4.69) is 10.4 Å². The van der Waals surface area contributed by atoms with Crippen molar-refractivity contribution in [1.29, 1.82) is 0 Å². The van der Waals surface area contributed by atoms with Crippen LogP contribution in [-0.4, -0.2) is 39.3 Å². The third-order valence-corrected chi connectivity index (χ3v) is 4.39. The molecule has 0 saturated carbocycles. The number of aromatic nitrogens is 2. The highest BCUT2D eigenvalue weighted by molar-refractivity contribution is 7.16. The Morgan fingerprint density at radius 1 is 1.38 bits per heavy atom. The van der Waals surface area contributed by atoms with E-state index in [0.717, 1.165) is 15.1 Å². The number of rotatable bonds is 6. The van der Waals surface area contributed by atoms with Crippen LogP contribution in [-0.2, 0) is 16.1 Å². The van der Waals surface area contributed by atoms with Gasteiger partial charge < -0.3 is 15.2 Å². The van der Waals surface area contributed by atoms with Crippen molar-refractivity contribution in [2.45, 2.75) is 27.3 Å². The van der Waals surface area contributed by atoms with Gasteiger partial charge in [-0.2, -0.15) is 5.10 Å². The zero-order chi connectivity index (χ0) is 17.9. The Labute approximate surface area is 142 Å². The fraction of sp³-hybridized carbons (Fsp3) is 0.333. The topological polar surface area (TPSA) is 111 Å². The molecule has 0 aliphatic heterocycles. The van der Waals surface area contributed by atoms with Gasteiger partial charge >= 0.3 is 11.9 Å². The smallest absolute Gasteiger partial charge is 0.341 e. The first-order valence-corrected chi connectivity index (χ1v) is 7.98. The predicted molar refractivity (Wildman–Crippen MR) is 87.6 cm³/mol. The van der Waals surface area contributed by atoms with Gasteiger partial charge in [0, 0.05) is 11.1 Å². The zero-order valence-electron chi connectivity index (χ0n) is 13.5. The van der Waals surface area contributed by atoms with Gasteiger partial charge in [-0.1, -0.05) is 0 Å². The van der Waals surface area contributed by atoms with Crippen molar-refractivity contribution in [3.8, 4) is 0 Å². The summed E-state index contributed by atoms with van der Waals surface area (Å²) >= 11 is 1.27. The SMILES string of the molecule is CCOC(=O)c1c(NC(=O)c2ccn(CC(=O)O)n2)sc(C)c1C. The van der Waals surface area contributed by atoms with Gasteiger partial charge in [-0.05, 0) is 32.4 Å². The number of anilines is 1. The largest absolute Gasteiger partial charge is 0.480 e.